The van der Waals surface area contributed by atoms with E-state index in [1.165, 1.54) is 0 Å². The molecule has 0 atom stereocenters. The molecule has 0 aliphatic rings. The molecule has 0 spiro atoms. The lowest BCUT2D eigenvalue weighted by Crippen LogP contribution is -2.28. The van der Waals surface area contributed by atoms with E-state index in [1.54, 1.807) is 0 Å². The minimum absolute atomic E-state index is 0.527. The lowest BCUT2D eigenvalue weighted by atomic mass is 10.2. The van der Waals surface area contributed by atoms with Crippen molar-refractivity contribution in [1.82, 2.24) is 5.32 Å². The van der Waals surface area contributed by atoms with E-state index < -0.39 is 0 Å². The van der Waals surface area contributed by atoms with E-state index in [0.717, 1.165) is 22.0 Å². The summed E-state index contributed by atoms with van der Waals surface area (Å²) in [5.74, 6) is 1.49. The van der Waals surface area contributed by atoms with Crippen LogP contribution in [0.3, 0.4) is 0 Å². The molecule has 126 valence electrons. The van der Waals surface area contributed by atoms with Crippen molar-refractivity contribution in [1.29, 1.82) is 0 Å². The molecule has 0 amide bonds. The molecule has 0 radical (unpaired) electrons. The summed E-state index contributed by atoms with van der Waals surface area (Å²) in [7, 11) is 0. The highest BCUT2D eigenvalue weighted by molar-refractivity contribution is 7.80. The Kier molecular flexibility index (Phi) is 5.88. The van der Waals surface area contributed by atoms with Crippen LogP contribution in [0.5, 0.6) is 11.5 Å². The van der Waals surface area contributed by atoms with Gasteiger partial charge in [-0.15, -0.1) is 0 Å². The first kappa shape index (κ1) is 17.3. The maximum Gasteiger partial charge on any atom is 0.171 e. The third-order valence-electron chi connectivity index (χ3n) is 3.47. The number of halogens is 1. The second kappa shape index (κ2) is 8.51. The molecule has 2 N–H and O–H groups in total. The van der Waals surface area contributed by atoms with Crippen molar-refractivity contribution in [3.63, 3.8) is 0 Å². The van der Waals surface area contributed by atoms with Gasteiger partial charge in [0.05, 0.1) is 5.69 Å². The highest BCUT2D eigenvalue weighted by atomic mass is 35.5. The summed E-state index contributed by atoms with van der Waals surface area (Å²) in [5.41, 5.74) is 1.90. The van der Waals surface area contributed by atoms with Gasteiger partial charge in [-0.25, -0.2) is 0 Å². The molecule has 0 heterocycles. The lowest BCUT2D eigenvalue weighted by molar-refractivity contribution is 0.485. The van der Waals surface area contributed by atoms with Crippen molar-refractivity contribution in [2.45, 2.75) is 6.54 Å². The van der Waals surface area contributed by atoms with Gasteiger partial charge in [0, 0.05) is 11.6 Å². The number of nitrogens with one attached hydrogen (secondary N) is 2. The Hall–Kier alpha value is -2.56. The highest BCUT2D eigenvalue weighted by Gasteiger charge is 2.06. The van der Waals surface area contributed by atoms with Crippen LogP contribution in [0, 0.1) is 0 Å². The van der Waals surface area contributed by atoms with Gasteiger partial charge in [-0.3, -0.25) is 0 Å². The van der Waals surface area contributed by atoms with Crippen molar-refractivity contribution < 1.29 is 4.74 Å². The SMILES string of the molecule is S=C(NCc1ccc(Cl)cc1)Nc1ccccc1Oc1ccccc1. The summed E-state index contributed by atoms with van der Waals surface area (Å²) < 4.78 is 5.92. The summed E-state index contributed by atoms with van der Waals surface area (Å²) in [6.45, 7) is 0.616. The summed E-state index contributed by atoms with van der Waals surface area (Å²) in [6, 6.07) is 25.0. The van der Waals surface area contributed by atoms with Gasteiger partial charge in [-0.2, -0.15) is 0 Å². The molecule has 3 nitrogen and oxygen atoms in total. The molecule has 0 aliphatic heterocycles. The zero-order valence-electron chi connectivity index (χ0n) is 13.4. The number of thiocarbonyl (C=S) groups is 1. The van der Waals surface area contributed by atoms with Gasteiger partial charge in [-0.05, 0) is 54.2 Å². The Labute approximate surface area is 157 Å². The van der Waals surface area contributed by atoms with Gasteiger partial charge in [0.25, 0.3) is 0 Å². The molecule has 3 aromatic rings. The van der Waals surface area contributed by atoms with Crippen LogP contribution >= 0.6 is 23.8 Å². The van der Waals surface area contributed by atoms with E-state index in [2.05, 4.69) is 10.6 Å². The molecular formula is C20H17ClN2OS. The fourth-order valence-corrected chi connectivity index (χ4v) is 2.53. The molecule has 5 heteroatoms. The molecule has 0 aliphatic carbocycles. The van der Waals surface area contributed by atoms with Crippen LogP contribution in [-0.2, 0) is 6.54 Å². The Morgan fingerprint density at radius 3 is 2.32 bits per heavy atom. The number of rotatable bonds is 5. The Balaban J connectivity index is 1.62. The molecule has 0 fully saturated rings. The highest BCUT2D eigenvalue weighted by Crippen LogP contribution is 2.29. The lowest BCUT2D eigenvalue weighted by Gasteiger charge is -2.14. The summed E-state index contributed by atoms with van der Waals surface area (Å²) in [4.78, 5) is 0. The van der Waals surface area contributed by atoms with Crippen LogP contribution in [0.25, 0.3) is 0 Å². The zero-order valence-corrected chi connectivity index (χ0v) is 15.0. The predicted molar refractivity (Wildman–Crippen MR) is 107 cm³/mol. The van der Waals surface area contributed by atoms with Crippen LogP contribution in [0.2, 0.25) is 5.02 Å². The van der Waals surface area contributed by atoms with Crippen LogP contribution in [0.4, 0.5) is 5.69 Å². The maximum absolute atomic E-state index is 5.92. The minimum Gasteiger partial charge on any atom is -0.455 e. The van der Waals surface area contributed by atoms with E-state index >= 15 is 0 Å². The molecule has 3 rings (SSSR count). The Bertz CT molecular complexity index is 838. The second-order valence-electron chi connectivity index (χ2n) is 5.35. The average molecular weight is 369 g/mol. The van der Waals surface area contributed by atoms with E-state index in [1.807, 2.05) is 78.9 Å². The molecule has 0 saturated carbocycles. The monoisotopic (exact) mass is 368 g/mol. The fraction of sp³-hybridized carbons (Fsp3) is 0.0500. The van der Waals surface area contributed by atoms with Crippen molar-refractivity contribution in [3.05, 3.63) is 89.4 Å². The predicted octanol–water partition coefficient (Wildman–Crippen LogP) is 5.62. The third kappa shape index (κ3) is 5.21. The zero-order chi connectivity index (χ0) is 17.5. The first-order valence-corrected chi connectivity index (χ1v) is 8.60. The number of ether oxygens (including phenoxy) is 1. The van der Waals surface area contributed by atoms with Crippen LogP contribution in [0.1, 0.15) is 5.56 Å². The summed E-state index contributed by atoms with van der Waals surface area (Å²) in [5, 5.41) is 7.61. The number of hydrogen-bond acceptors (Lipinski definition) is 2. The maximum atomic E-state index is 5.92. The van der Waals surface area contributed by atoms with Gasteiger partial charge in [-0.1, -0.05) is 54.1 Å². The van der Waals surface area contributed by atoms with Crippen LogP contribution in [-0.4, -0.2) is 5.11 Å². The normalized spacial score (nSPS) is 10.1. The van der Waals surface area contributed by atoms with E-state index in [4.69, 9.17) is 28.6 Å². The molecule has 25 heavy (non-hydrogen) atoms. The second-order valence-corrected chi connectivity index (χ2v) is 6.19. The van der Waals surface area contributed by atoms with Crippen molar-refractivity contribution in [2.75, 3.05) is 5.32 Å². The van der Waals surface area contributed by atoms with E-state index in [0.29, 0.717) is 17.4 Å². The van der Waals surface area contributed by atoms with Crippen LogP contribution < -0.4 is 15.4 Å². The summed E-state index contributed by atoms with van der Waals surface area (Å²) >= 11 is 11.3. The summed E-state index contributed by atoms with van der Waals surface area (Å²) in [6.07, 6.45) is 0. The Morgan fingerprint density at radius 1 is 0.880 bits per heavy atom. The number of hydrogen-bond donors (Lipinski definition) is 2. The van der Waals surface area contributed by atoms with Gasteiger partial charge >= 0.3 is 0 Å². The van der Waals surface area contributed by atoms with Gasteiger partial charge in [0.1, 0.15) is 5.75 Å². The first-order chi connectivity index (χ1) is 12.2. The molecule has 0 saturated heterocycles. The van der Waals surface area contributed by atoms with E-state index in [-0.39, 0.29) is 0 Å². The topological polar surface area (TPSA) is 33.3 Å². The minimum atomic E-state index is 0.527. The van der Waals surface area contributed by atoms with Crippen LogP contribution in [0.15, 0.2) is 78.9 Å². The molecule has 0 aromatic heterocycles. The standard InChI is InChI=1S/C20H17ClN2OS/c21-16-12-10-15(11-13-16)14-22-20(25)23-18-8-4-5-9-19(18)24-17-6-2-1-3-7-17/h1-13H,14H2,(H2,22,23,25). The first-order valence-electron chi connectivity index (χ1n) is 7.82. The number of para-hydroxylation sites is 3. The van der Waals surface area contributed by atoms with Gasteiger partial charge in [0.2, 0.25) is 0 Å². The smallest absolute Gasteiger partial charge is 0.171 e. The Morgan fingerprint density at radius 2 is 1.56 bits per heavy atom. The molecule has 3 aromatic carbocycles. The third-order valence-corrected chi connectivity index (χ3v) is 3.97. The van der Waals surface area contributed by atoms with Crippen molar-refractivity contribution in [2.24, 2.45) is 0 Å². The van der Waals surface area contributed by atoms with Gasteiger partial charge in [0.15, 0.2) is 10.9 Å². The average Bonchev–Trinajstić information content (AvgIpc) is 2.64. The largest absolute Gasteiger partial charge is 0.455 e. The quantitative estimate of drug-likeness (QED) is 0.573. The van der Waals surface area contributed by atoms with Gasteiger partial charge < -0.3 is 15.4 Å². The van der Waals surface area contributed by atoms with Crippen molar-refractivity contribution >= 4 is 34.6 Å². The number of anilines is 1. The fourth-order valence-electron chi connectivity index (χ4n) is 2.23. The van der Waals surface area contributed by atoms with Crippen molar-refractivity contribution in [3.8, 4) is 11.5 Å². The van der Waals surface area contributed by atoms with E-state index in [9.17, 15) is 0 Å². The molecule has 0 unspecified atom stereocenters. The molecule has 0 bridgehead atoms. The molecular weight excluding hydrogens is 352 g/mol. The number of benzene rings is 3.